The van der Waals surface area contributed by atoms with Gasteiger partial charge < -0.3 is 15.6 Å². The third-order valence-corrected chi connectivity index (χ3v) is 1.92. The first-order chi connectivity index (χ1) is 7.07. The Hall–Kier alpha value is -1.88. The summed E-state index contributed by atoms with van der Waals surface area (Å²) in [5.41, 5.74) is 5.39. The fourth-order valence-corrected chi connectivity index (χ4v) is 1.13. The first-order valence-electron chi connectivity index (χ1n) is 4.23. The Bertz CT molecular complexity index is 389. The zero-order valence-electron chi connectivity index (χ0n) is 8.14. The molecule has 1 aromatic carbocycles. The van der Waals surface area contributed by atoms with E-state index in [1.807, 2.05) is 0 Å². The van der Waals surface area contributed by atoms with Gasteiger partial charge in [0.1, 0.15) is 5.75 Å². The molecule has 3 N–H and O–H groups in total. The van der Waals surface area contributed by atoms with Gasteiger partial charge in [-0.15, -0.1) is 0 Å². The van der Waals surface area contributed by atoms with Gasteiger partial charge in [0.25, 0.3) is 0 Å². The molecule has 5 heteroatoms. The number of carbonyl (C=O) groups excluding carboxylic acids is 1. The highest BCUT2D eigenvalue weighted by atomic mass is 16.5. The third kappa shape index (κ3) is 2.32. The molecule has 1 unspecified atom stereocenters. The lowest BCUT2D eigenvalue weighted by Crippen LogP contribution is -2.38. The molecule has 1 aromatic rings. The Balaban J connectivity index is 3.05. The molecule has 0 saturated carbocycles. The summed E-state index contributed by atoms with van der Waals surface area (Å²) in [5.74, 6) is -1.70. The number of carbonyl (C=O) groups is 2. The SMILES string of the molecule is COc1ccccc1C(=O)C(N)C(=O)O. The molecule has 0 heterocycles. The number of nitrogens with two attached hydrogens (primary N) is 1. The Morgan fingerprint density at radius 2 is 2.00 bits per heavy atom. The van der Waals surface area contributed by atoms with E-state index in [2.05, 4.69) is 0 Å². The maximum Gasteiger partial charge on any atom is 0.328 e. The van der Waals surface area contributed by atoms with E-state index in [0.717, 1.165) is 0 Å². The van der Waals surface area contributed by atoms with Crippen molar-refractivity contribution in [2.45, 2.75) is 6.04 Å². The van der Waals surface area contributed by atoms with Gasteiger partial charge in [-0.3, -0.25) is 9.59 Å². The lowest BCUT2D eigenvalue weighted by Gasteiger charge is -2.09. The molecular formula is C10H11NO4. The van der Waals surface area contributed by atoms with Crippen molar-refractivity contribution >= 4 is 11.8 Å². The van der Waals surface area contributed by atoms with Crippen molar-refractivity contribution < 1.29 is 19.4 Å². The number of carboxylic acids is 1. The van der Waals surface area contributed by atoms with E-state index in [1.54, 1.807) is 18.2 Å². The highest BCUT2D eigenvalue weighted by Crippen LogP contribution is 2.18. The monoisotopic (exact) mass is 209 g/mol. The Morgan fingerprint density at radius 3 is 2.53 bits per heavy atom. The van der Waals surface area contributed by atoms with E-state index >= 15 is 0 Å². The van der Waals surface area contributed by atoms with E-state index in [-0.39, 0.29) is 5.56 Å². The summed E-state index contributed by atoms with van der Waals surface area (Å²) in [6.45, 7) is 0. The van der Waals surface area contributed by atoms with Crippen LogP contribution in [0.2, 0.25) is 0 Å². The van der Waals surface area contributed by atoms with Gasteiger partial charge in [0.2, 0.25) is 0 Å². The van der Waals surface area contributed by atoms with Crippen molar-refractivity contribution in [1.82, 2.24) is 0 Å². The number of ether oxygens (including phenoxy) is 1. The molecule has 0 fully saturated rings. The number of ketones is 1. The highest BCUT2D eigenvalue weighted by molar-refractivity contribution is 6.12. The molecule has 80 valence electrons. The Kier molecular flexibility index (Phi) is 3.41. The quantitative estimate of drug-likeness (QED) is 0.549. The predicted octanol–water partition coefficient (Wildman–Crippen LogP) is 0.290. The van der Waals surface area contributed by atoms with Gasteiger partial charge in [0, 0.05) is 0 Å². The van der Waals surface area contributed by atoms with Crippen molar-refractivity contribution in [3.8, 4) is 5.75 Å². The standard InChI is InChI=1S/C10H11NO4/c1-15-7-5-3-2-4-6(7)9(12)8(11)10(13)14/h2-5,8H,11H2,1H3,(H,13,14). The lowest BCUT2D eigenvalue weighted by atomic mass is 10.0. The maximum absolute atomic E-state index is 11.6. The van der Waals surface area contributed by atoms with Gasteiger partial charge in [-0.25, -0.2) is 0 Å². The second kappa shape index (κ2) is 4.56. The minimum Gasteiger partial charge on any atom is -0.496 e. The van der Waals surface area contributed by atoms with E-state index < -0.39 is 17.8 Å². The molecule has 0 saturated heterocycles. The molecule has 0 spiro atoms. The summed E-state index contributed by atoms with van der Waals surface area (Å²) in [6.07, 6.45) is 0. The molecule has 0 aliphatic heterocycles. The Labute approximate surface area is 86.5 Å². The van der Waals surface area contributed by atoms with Gasteiger partial charge in [-0.2, -0.15) is 0 Å². The first kappa shape index (κ1) is 11.2. The van der Waals surface area contributed by atoms with Gasteiger partial charge in [0.15, 0.2) is 11.8 Å². The number of hydrogen-bond donors (Lipinski definition) is 2. The molecule has 1 atom stereocenters. The average molecular weight is 209 g/mol. The molecule has 0 amide bonds. The molecule has 5 nitrogen and oxygen atoms in total. The van der Waals surface area contributed by atoms with Crippen molar-refractivity contribution in [2.75, 3.05) is 7.11 Å². The Morgan fingerprint density at radius 1 is 1.40 bits per heavy atom. The number of methoxy groups -OCH3 is 1. The molecule has 15 heavy (non-hydrogen) atoms. The van der Waals surface area contributed by atoms with Crippen LogP contribution in [0.1, 0.15) is 10.4 Å². The number of aliphatic carboxylic acids is 1. The van der Waals surface area contributed by atoms with Crippen LogP contribution in [0.3, 0.4) is 0 Å². The number of hydrogen-bond acceptors (Lipinski definition) is 4. The molecule has 0 aliphatic rings. The van der Waals surface area contributed by atoms with Crippen LogP contribution in [0.5, 0.6) is 5.75 Å². The topological polar surface area (TPSA) is 89.6 Å². The smallest absolute Gasteiger partial charge is 0.328 e. The van der Waals surface area contributed by atoms with Crippen LogP contribution in [0.15, 0.2) is 24.3 Å². The molecule has 0 bridgehead atoms. The van der Waals surface area contributed by atoms with E-state index in [9.17, 15) is 9.59 Å². The van der Waals surface area contributed by atoms with Crippen LogP contribution >= 0.6 is 0 Å². The normalized spacial score (nSPS) is 11.9. The zero-order chi connectivity index (χ0) is 11.4. The summed E-state index contributed by atoms with van der Waals surface area (Å²) >= 11 is 0. The fraction of sp³-hybridized carbons (Fsp3) is 0.200. The molecule has 1 rings (SSSR count). The van der Waals surface area contributed by atoms with Crippen molar-refractivity contribution in [3.05, 3.63) is 29.8 Å². The van der Waals surface area contributed by atoms with E-state index in [1.165, 1.54) is 13.2 Å². The molecule has 0 radical (unpaired) electrons. The van der Waals surface area contributed by atoms with Crippen molar-refractivity contribution in [2.24, 2.45) is 5.73 Å². The largest absolute Gasteiger partial charge is 0.496 e. The molecule has 0 aromatic heterocycles. The number of rotatable bonds is 4. The summed E-state index contributed by atoms with van der Waals surface area (Å²) < 4.78 is 4.93. The van der Waals surface area contributed by atoms with Crippen LogP contribution < -0.4 is 10.5 Å². The summed E-state index contributed by atoms with van der Waals surface area (Å²) in [7, 11) is 1.40. The number of para-hydroxylation sites is 1. The second-order valence-corrected chi connectivity index (χ2v) is 2.88. The number of benzene rings is 1. The van der Waals surface area contributed by atoms with Gasteiger partial charge >= 0.3 is 5.97 Å². The fourth-order valence-electron chi connectivity index (χ4n) is 1.13. The van der Waals surface area contributed by atoms with Gasteiger partial charge in [0.05, 0.1) is 12.7 Å². The average Bonchev–Trinajstić information content (AvgIpc) is 2.26. The minimum atomic E-state index is -1.55. The lowest BCUT2D eigenvalue weighted by molar-refractivity contribution is -0.137. The molecule has 0 aliphatic carbocycles. The van der Waals surface area contributed by atoms with Gasteiger partial charge in [-0.1, -0.05) is 12.1 Å². The van der Waals surface area contributed by atoms with Crippen LogP contribution in [-0.4, -0.2) is 30.0 Å². The summed E-state index contributed by atoms with van der Waals surface area (Å²) in [4.78, 5) is 22.1. The maximum atomic E-state index is 11.6. The highest BCUT2D eigenvalue weighted by Gasteiger charge is 2.24. The molecular weight excluding hydrogens is 198 g/mol. The van der Waals surface area contributed by atoms with Crippen molar-refractivity contribution in [1.29, 1.82) is 0 Å². The second-order valence-electron chi connectivity index (χ2n) is 2.88. The van der Waals surface area contributed by atoms with E-state index in [4.69, 9.17) is 15.6 Å². The van der Waals surface area contributed by atoms with E-state index in [0.29, 0.717) is 5.75 Å². The summed E-state index contributed by atoms with van der Waals surface area (Å²) in [6, 6.07) is 4.79. The zero-order valence-corrected chi connectivity index (χ0v) is 8.14. The number of Topliss-reactive ketones (excluding diaryl/α,β-unsaturated/α-hetero) is 1. The minimum absolute atomic E-state index is 0.176. The van der Waals surface area contributed by atoms with Crippen molar-refractivity contribution in [3.63, 3.8) is 0 Å². The van der Waals surface area contributed by atoms with Crippen LogP contribution in [0.25, 0.3) is 0 Å². The number of carboxylic acid groups (broad SMARTS) is 1. The van der Waals surface area contributed by atoms with Crippen LogP contribution in [0, 0.1) is 0 Å². The predicted molar refractivity (Wildman–Crippen MR) is 52.9 cm³/mol. The first-order valence-corrected chi connectivity index (χ1v) is 4.23. The van der Waals surface area contributed by atoms with Gasteiger partial charge in [-0.05, 0) is 12.1 Å². The third-order valence-electron chi connectivity index (χ3n) is 1.92. The van der Waals surface area contributed by atoms with Crippen LogP contribution in [-0.2, 0) is 4.79 Å². The summed E-state index contributed by atoms with van der Waals surface area (Å²) in [5, 5.41) is 8.59. The van der Waals surface area contributed by atoms with Crippen LogP contribution in [0.4, 0.5) is 0 Å².